The zero-order chi connectivity index (χ0) is 8.27. The Morgan fingerprint density at radius 3 is 2.82 bits per heavy atom. The van der Waals surface area contributed by atoms with E-state index >= 15 is 0 Å². The molecule has 0 saturated carbocycles. The number of hydrogen-bond acceptors (Lipinski definition) is 0. The van der Waals surface area contributed by atoms with E-state index in [9.17, 15) is 0 Å². The van der Waals surface area contributed by atoms with Crippen molar-refractivity contribution in [3.8, 4) is 0 Å². The zero-order valence-electron chi connectivity index (χ0n) is 6.89. The lowest BCUT2D eigenvalue weighted by atomic mass is 10.0. The minimum Gasteiger partial charge on any atom is -0.0837 e. The lowest BCUT2D eigenvalue weighted by molar-refractivity contribution is 0.647. The van der Waals surface area contributed by atoms with Crippen molar-refractivity contribution in [3.05, 3.63) is 34.9 Å². The molecule has 0 atom stereocenters. The molecular formula is C10H12Cl. The fourth-order valence-corrected chi connectivity index (χ4v) is 1.28. The van der Waals surface area contributed by atoms with E-state index in [0.717, 1.165) is 6.42 Å². The van der Waals surface area contributed by atoms with Crippen LogP contribution in [0.2, 0.25) is 5.02 Å². The molecular weight excluding hydrogens is 156 g/mol. The van der Waals surface area contributed by atoms with Crippen molar-refractivity contribution in [3.63, 3.8) is 0 Å². The van der Waals surface area contributed by atoms with Gasteiger partial charge >= 0.3 is 0 Å². The molecule has 0 aliphatic rings. The second-order valence-electron chi connectivity index (χ2n) is 3.14. The van der Waals surface area contributed by atoms with Crippen LogP contribution in [-0.4, -0.2) is 0 Å². The molecule has 0 fully saturated rings. The smallest absolute Gasteiger partial charge is 0.0487 e. The van der Waals surface area contributed by atoms with E-state index in [1.54, 1.807) is 0 Å². The monoisotopic (exact) mass is 167 g/mol. The molecule has 0 aromatic heterocycles. The molecule has 0 nitrogen and oxygen atoms in total. The Morgan fingerprint density at radius 2 is 2.27 bits per heavy atom. The summed E-state index contributed by atoms with van der Waals surface area (Å²) in [5.74, 6) is 0.688. The minimum absolute atomic E-state index is 0.688. The van der Waals surface area contributed by atoms with Gasteiger partial charge in [0.25, 0.3) is 0 Å². The number of hydrogen-bond donors (Lipinski definition) is 0. The first-order chi connectivity index (χ1) is 5.18. The number of benzene rings is 1. The number of halogens is 1. The third kappa shape index (κ3) is 2.94. The molecule has 1 radical (unpaired) electrons. The van der Waals surface area contributed by atoms with Crippen LogP contribution in [0.25, 0.3) is 0 Å². The minimum atomic E-state index is 0.688. The van der Waals surface area contributed by atoms with Gasteiger partial charge in [0.15, 0.2) is 0 Å². The Kier molecular flexibility index (Phi) is 2.95. The van der Waals surface area contributed by atoms with Crippen molar-refractivity contribution in [1.29, 1.82) is 0 Å². The van der Waals surface area contributed by atoms with Gasteiger partial charge in [0, 0.05) is 11.1 Å². The van der Waals surface area contributed by atoms with Crippen LogP contribution in [-0.2, 0) is 6.42 Å². The van der Waals surface area contributed by atoms with Crippen molar-refractivity contribution in [2.24, 2.45) is 5.92 Å². The maximum atomic E-state index is 5.77. The van der Waals surface area contributed by atoms with Gasteiger partial charge in [0.05, 0.1) is 0 Å². The molecule has 0 heterocycles. The molecule has 0 aliphatic heterocycles. The summed E-state index contributed by atoms with van der Waals surface area (Å²) in [6.07, 6.45) is 1.09. The average Bonchev–Trinajstić information content (AvgIpc) is 1.85. The van der Waals surface area contributed by atoms with Crippen LogP contribution >= 0.6 is 11.6 Å². The summed E-state index contributed by atoms with van der Waals surface area (Å²) in [5.41, 5.74) is 1.30. The first-order valence-corrected chi connectivity index (χ1v) is 4.22. The van der Waals surface area contributed by atoms with Gasteiger partial charge < -0.3 is 0 Å². The normalized spacial score (nSPS) is 10.5. The van der Waals surface area contributed by atoms with Gasteiger partial charge in [0.2, 0.25) is 0 Å². The van der Waals surface area contributed by atoms with Crippen LogP contribution < -0.4 is 0 Å². The molecule has 1 heteroatoms. The Balaban J connectivity index is 2.71. The summed E-state index contributed by atoms with van der Waals surface area (Å²) in [6, 6.07) is 8.82. The Morgan fingerprint density at radius 1 is 1.55 bits per heavy atom. The lowest BCUT2D eigenvalue weighted by Gasteiger charge is -2.03. The summed E-state index contributed by atoms with van der Waals surface area (Å²) >= 11 is 5.77. The van der Waals surface area contributed by atoms with Crippen LogP contribution in [0.5, 0.6) is 0 Å². The van der Waals surface area contributed by atoms with E-state index in [4.69, 9.17) is 11.6 Å². The molecule has 0 amide bonds. The molecule has 0 N–H and O–H groups in total. The standard InChI is InChI=1S/C10H12Cl/c1-8(2)6-9-4-3-5-10(11)7-9/h3-4,7-8H,6H2,1-2H3. The predicted molar refractivity (Wildman–Crippen MR) is 48.8 cm³/mol. The van der Waals surface area contributed by atoms with Crippen molar-refractivity contribution >= 4 is 11.6 Å². The maximum absolute atomic E-state index is 5.77. The van der Waals surface area contributed by atoms with Crippen LogP contribution in [0.4, 0.5) is 0 Å². The summed E-state index contributed by atoms with van der Waals surface area (Å²) < 4.78 is 0. The molecule has 1 rings (SSSR count). The topological polar surface area (TPSA) is 0 Å². The maximum Gasteiger partial charge on any atom is 0.0487 e. The SMILES string of the molecule is CC(C)Cc1cc[c]c(Cl)c1. The second-order valence-corrected chi connectivity index (χ2v) is 3.55. The van der Waals surface area contributed by atoms with E-state index in [1.165, 1.54) is 5.56 Å². The molecule has 11 heavy (non-hydrogen) atoms. The molecule has 0 aliphatic carbocycles. The van der Waals surface area contributed by atoms with Gasteiger partial charge in [0.1, 0.15) is 0 Å². The molecule has 1 aromatic carbocycles. The fourth-order valence-electron chi connectivity index (χ4n) is 1.08. The molecule has 0 bridgehead atoms. The van der Waals surface area contributed by atoms with Crippen LogP contribution in [0, 0.1) is 12.0 Å². The predicted octanol–water partition coefficient (Wildman–Crippen LogP) is 3.34. The highest BCUT2D eigenvalue weighted by Gasteiger charge is 1.97. The summed E-state index contributed by atoms with van der Waals surface area (Å²) in [5, 5.41) is 0.711. The molecule has 0 spiro atoms. The van der Waals surface area contributed by atoms with E-state index < -0.39 is 0 Å². The van der Waals surface area contributed by atoms with Gasteiger partial charge in [-0.25, -0.2) is 0 Å². The first kappa shape index (κ1) is 8.61. The first-order valence-electron chi connectivity index (χ1n) is 3.84. The highest BCUT2D eigenvalue weighted by atomic mass is 35.5. The van der Waals surface area contributed by atoms with Crippen LogP contribution in [0.1, 0.15) is 19.4 Å². The summed E-state index contributed by atoms with van der Waals surface area (Å²) in [7, 11) is 0. The van der Waals surface area contributed by atoms with E-state index in [0.29, 0.717) is 10.9 Å². The van der Waals surface area contributed by atoms with E-state index in [-0.39, 0.29) is 0 Å². The summed E-state index contributed by atoms with van der Waals surface area (Å²) in [6.45, 7) is 4.40. The Hall–Kier alpha value is -0.490. The van der Waals surface area contributed by atoms with Gasteiger partial charge in [-0.1, -0.05) is 37.6 Å². The highest BCUT2D eigenvalue weighted by Crippen LogP contribution is 2.13. The lowest BCUT2D eigenvalue weighted by Crippen LogP contribution is -1.92. The van der Waals surface area contributed by atoms with Gasteiger partial charge in [-0.2, -0.15) is 0 Å². The third-order valence-electron chi connectivity index (χ3n) is 1.47. The van der Waals surface area contributed by atoms with Crippen molar-refractivity contribution < 1.29 is 0 Å². The third-order valence-corrected chi connectivity index (χ3v) is 1.69. The molecule has 59 valence electrons. The highest BCUT2D eigenvalue weighted by molar-refractivity contribution is 6.30. The fraction of sp³-hybridized carbons (Fsp3) is 0.400. The van der Waals surface area contributed by atoms with Crippen molar-refractivity contribution in [2.45, 2.75) is 20.3 Å². The largest absolute Gasteiger partial charge is 0.0837 e. The van der Waals surface area contributed by atoms with Gasteiger partial charge in [-0.3, -0.25) is 0 Å². The molecule has 0 saturated heterocycles. The average molecular weight is 168 g/mol. The van der Waals surface area contributed by atoms with Gasteiger partial charge in [-0.15, -0.1) is 0 Å². The molecule has 0 unspecified atom stereocenters. The van der Waals surface area contributed by atoms with Crippen LogP contribution in [0.15, 0.2) is 18.2 Å². The quantitative estimate of drug-likeness (QED) is 0.634. The Labute approximate surface area is 73.2 Å². The second kappa shape index (κ2) is 3.77. The van der Waals surface area contributed by atoms with E-state index in [2.05, 4.69) is 26.0 Å². The van der Waals surface area contributed by atoms with Crippen molar-refractivity contribution in [2.75, 3.05) is 0 Å². The zero-order valence-corrected chi connectivity index (χ0v) is 7.65. The molecule has 1 aromatic rings. The Bertz CT molecular complexity index is 228. The summed E-state index contributed by atoms with van der Waals surface area (Å²) in [4.78, 5) is 0. The number of rotatable bonds is 2. The van der Waals surface area contributed by atoms with E-state index in [1.807, 2.05) is 12.1 Å². The van der Waals surface area contributed by atoms with Crippen LogP contribution in [0.3, 0.4) is 0 Å². The van der Waals surface area contributed by atoms with Gasteiger partial charge in [-0.05, 0) is 24.0 Å². The van der Waals surface area contributed by atoms with Crippen molar-refractivity contribution in [1.82, 2.24) is 0 Å².